The number of nitrogens with one attached hydrogen (secondary N) is 2. The van der Waals surface area contributed by atoms with E-state index in [2.05, 4.69) is 42.7 Å². The van der Waals surface area contributed by atoms with Crippen LogP contribution in [0.2, 0.25) is 0 Å². The molecule has 0 fully saturated rings. The second-order valence-corrected chi connectivity index (χ2v) is 7.13. The van der Waals surface area contributed by atoms with Crippen LogP contribution in [0.4, 0.5) is 4.79 Å². The molecular formula is C20H30N2O3. The minimum atomic E-state index is -0.424. The van der Waals surface area contributed by atoms with Gasteiger partial charge in [0.25, 0.3) is 0 Å². The zero-order valence-electron chi connectivity index (χ0n) is 15.5. The lowest BCUT2D eigenvalue weighted by Gasteiger charge is -2.21. The van der Waals surface area contributed by atoms with Crippen molar-refractivity contribution >= 4 is 12.0 Å². The summed E-state index contributed by atoms with van der Waals surface area (Å²) >= 11 is 0. The fraction of sp³-hybridized carbons (Fsp3) is 0.600. The third kappa shape index (κ3) is 6.07. The molecule has 0 heterocycles. The minimum Gasteiger partial charge on any atom is -0.450 e. The molecule has 25 heavy (non-hydrogen) atoms. The van der Waals surface area contributed by atoms with Gasteiger partial charge in [0.05, 0.1) is 6.61 Å². The molecule has 0 bridgehead atoms. The van der Waals surface area contributed by atoms with Crippen molar-refractivity contribution in [3.8, 4) is 0 Å². The predicted octanol–water partition coefficient (Wildman–Crippen LogP) is 3.38. The molecule has 0 aromatic heterocycles. The molecule has 1 aliphatic rings. The Labute approximate surface area is 150 Å². The highest BCUT2D eigenvalue weighted by Gasteiger charge is 2.24. The molecule has 0 saturated heterocycles. The van der Waals surface area contributed by atoms with E-state index in [4.69, 9.17) is 4.74 Å². The van der Waals surface area contributed by atoms with E-state index in [1.165, 1.54) is 11.1 Å². The highest BCUT2D eigenvalue weighted by Crippen LogP contribution is 2.34. The Morgan fingerprint density at radius 1 is 1.28 bits per heavy atom. The van der Waals surface area contributed by atoms with Crippen molar-refractivity contribution in [1.29, 1.82) is 0 Å². The van der Waals surface area contributed by atoms with E-state index in [0.29, 0.717) is 31.4 Å². The Hall–Kier alpha value is -2.04. The summed E-state index contributed by atoms with van der Waals surface area (Å²) in [5.41, 5.74) is 2.67. The zero-order chi connectivity index (χ0) is 18.2. The number of aryl methyl sites for hydroxylation is 1. The first-order chi connectivity index (χ1) is 12.0. The van der Waals surface area contributed by atoms with Crippen molar-refractivity contribution < 1.29 is 14.3 Å². The Morgan fingerprint density at radius 3 is 2.76 bits per heavy atom. The summed E-state index contributed by atoms with van der Waals surface area (Å²) in [5.74, 6) is 0.768. The third-order valence-electron chi connectivity index (χ3n) is 4.59. The van der Waals surface area contributed by atoms with Crippen LogP contribution in [0, 0.1) is 5.92 Å². The smallest absolute Gasteiger partial charge is 0.407 e. The van der Waals surface area contributed by atoms with E-state index in [1.54, 1.807) is 6.92 Å². The largest absolute Gasteiger partial charge is 0.450 e. The van der Waals surface area contributed by atoms with Crippen LogP contribution in [0.1, 0.15) is 57.1 Å². The SMILES string of the molecule is CCOC(=O)NC(CNC(=O)CC1CCc2ccccc21)CC(C)C. The van der Waals surface area contributed by atoms with Gasteiger partial charge in [0.1, 0.15) is 0 Å². The van der Waals surface area contributed by atoms with Gasteiger partial charge in [-0.2, -0.15) is 0 Å². The molecule has 1 aliphatic carbocycles. The number of amides is 2. The van der Waals surface area contributed by atoms with Crippen molar-refractivity contribution in [2.75, 3.05) is 13.2 Å². The summed E-state index contributed by atoms with van der Waals surface area (Å²) in [4.78, 5) is 24.0. The van der Waals surface area contributed by atoms with Crippen LogP contribution in [0.3, 0.4) is 0 Å². The number of hydrogen-bond donors (Lipinski definition) is 2. The lowest BCUT2D eigenvalue weighted by molar-refractivity contribution is -0.121. The second kappa shape index (κ2) is 9.44. The fourth-order valence-electron chi connectivity index (χ4n) is 3.49. The monoisotopic (exact) mass is 346 g/mol. The molecule has 1 aromatic carbocycles. The quantitative estimate of drug-likeness (QED) is 0.758. The summed E-state index contributed by atoms with van der Waals surface area (Å²) < 4.78 is 4.94. The third-order valence-corrected chi connectivity index (χ3v) is 4.59. The Bertz CT molecular complexity index is 586. The number of rotatable bonds is 8. The second-order valence-electron chi connectivity index (χ2n) is 7.13. The molecule has 0 aliphatic heterocycles. The summed E-state index contributed by atoms with van der Waals surface area (Å²) in [7, 11) is 0. The highest BCUT2D eigenvalue weighted by molar-refractivity contribution is 5.77. The molecule has 0 spiro atoms. The topological polar surface area (TPSA) is 67.4 Å². The number of alkyl carbamates (subject to hydrolysis) is 1. The van der Waals surface area contributed by atoms with Crippen LogP contribution in [0.25, 0.3) is 0 Å². The maximum atomic E-state index is 12.4. The molecule has 2 rings (SSSR count). The van der Waals surface area contributed by atoms with E-state index in [0.717, 1.165) is 19.3 Å². The molecule has 2 unspecified atom stereocenters. The van der Waals surface area contributed by atoms with Gasteiger partial charge in [0.15, 0.2) is 0 Å². The summed E-state index contributed by atoms with van der Waals surface area (Å²) in [6.45, 7) is 6.74. The first kappa shape index (κ1) is 19.3. The number of benzene rings is 1. The number of carbonyl (C=O) groups is 2. The number of hydrogen-bond acceptors (Lipinski definition) is 3. The standard InChI is InChI=1S/C20H30N2O3/c1-4-25-20(24)22-17(11-14(2)3)13-21-19(23)12-16-10-9-15-7-5-6-8-18(15)16/h5-8,14,16-17H,4,9-13H2,1-3H3,(H,21,23)(H,22,24). The summed E-state index contributed by atoms with van der Waals surface area (Å²) in [6, 6.07) is 8.26. The molecule has 5 heteroatoms. The van der Waals surface area contributed by atoms with Gasteiger partial charge in [-0.15, -0.1) is 0 Å². The van der Waals surface area contributed by atoms with Gasteiger partial charge in [-0.25, -0.2) is 4.79 Å². The van der Waals surface area contributed by atoms with Gasteiger partial charge in [-0.3, -0.25) is 4.79 Å². The van der Waals surface area contributed by atoms with Crippen LogP contribution in [-0.4, -0.2) is 31.2 Å². The molecule has 138 valence electrons. The van der Waals surface area contributed by atoms with E-state index in [-0.39, 0.29) is 11.9 Å². The average molecular weight is 346 g/mol. The van der Waals surface area contributed by atoms with Crippen molar-refractivity contribution in [3.05, 3.63) is 35.4 Å². The van der Waals surface area contributed by atoms with Crippen LogP contribution in [0.5, 0.6) is 0 Å². The van der Waals surface area contributed by atoms with Gasteiger partial charge >= 0.3 is 6.09 Å². The first-order valence-corrected chi connectivity index (χ1v) is 9.27. The normalized spacial score (nSPS) is 17.0. The van der Waals surface area contributed by atoms with Crippen molar-refractivity contribution in [1.82, 2.24) is 10.6 Å². The van der Waals surface area contributed by atoms with E-state index in [1.807, 2.05) is 6.07 Å². The van der Waals surface area contributed by atoms with Crippen LogP contribution in [0.15, 0.2) is 24.3 Å². The van der Waals surface area contributed by atoms with Gasteiger partial charge < -0.3 is 15.4 Å². The highest BCUT2D eigenvalue weighted by atomic mass is 16.5. The average Bonchev–Trinajstić information content (AvgIpc) is 2.95. The van der Waals surface area contributed by atoms with Gasteiger partial charge in [0.2, 0.25) is 5.91 Å². The molecule has 1 aromatic rings. The van der Waals surface area contributed by atoms with Gasteiger partial charge in [-0.1, -0.05) is 38.1 Å². The first-order valence-electron chi connectivity index (χ1n) is 9.27. The van der Waals surface area contributed by atoms with Crippen LogP contribution in [-0.2, 0) is 16.0 Å². The number of carbonyl (C=O) groups excluding carboxylic acids is 2. The van der Waals surface area contributed by atoms with Crippen molar-refractivity contribution in [2.45, 2.75) is 58.4 Å². The number of ether oxygens (including phenoxy) is 1. The number of fused-ring (bicyclic) bond motifs is 1. The van der Waals surface area contributed by atoms with E-state index >= 15 is 0 Å². The van der Waals surface area contributed by atoms with E-state index in [9.17, 15) is 9.59 Å². The molecule has 5 nitrogen and oxygen atoms in total. The Kier molecular flexibility index (Phi) is 7.29. The molecular weight excluding hydrogens is 316 g/mol. The maximum absolute atomic E-state index is 12.4. The van der Waals surface area contributed by atoms with Crippen LogP contribution >= 0.6 is 0 Å². The lowest BCUT2D eigenvalue weighted by Crippen LogP contribution is -2.44. The molecule has 0 radical (unpaired) electrons. The lowest BCUT2D eigenvalue weighted by atomic mass is 9.97. The minimum absolute atomic E-state index is 0.0427. The summed E-state index contributed by atoms with van der Waals surface area (Å²) in [6.07, 6.45) is 2.96. The molecule has 2 N–H and O–H groups in total. The predicted molar refractivity (Wildman–Crippen MR) is 98.5 cm³/mol. The molecule has 2 atom stereocenters. The Morgan fingerprint density at radius 2 is 2.04 bits per heavy atom. The maximum Gasteiger partial charge on any atom is 0.407 e. The van der Waals surface area contributed by atoms with Crippen LogP contribution < -0.4 is 10.6 Å². The molecule has 0 saturated carbocycles. The van der Waals surface area contributed by atoms with Gasteiger partial charge in [-0.05, 0) is 49.1 Å². The van der Waals surface area contributed by atoms with E-state index < -0.39 is 6.09 Å². The van der Waals surface area contributed by atoms with Crippen molar-refractivity contribution in [2.24, 2.45) is 5.92 Å². The van der Waals surface area contributed by atoms with Crippen molar-refractivity contribution in [3.63, 3.8) is 0 Å². The summed E-state index contributed by atoms with van der Waals surface area (Å²) in [5, 5.41) is 5.82. The fourth-order valence-corrected chi connectivity index (χ4v) is 3.49. The Balaban J connectivity index is 1.83. The zero-order valence-corrected chi connectivity index (χ0v) is 15.5. The molecule has 2 amide bonds. The van der Waals surface area contributed by atoms with Gasteiger partial charge in [0, 0.05) is 19.0 Å².